The Morgan fingerprint density at radius 3 is 2.73 bits per heavy atom. The smallest absolute Gasteiger partial charge is 0.306 e. The Morgan fingerprint density at radius 2 is 2.08 bits per heavy atom. The predicted octanol–water partition coefficient (Wildman–Crippen LogP) is 3.90. The molecule has 0 spiro atoms. The van der Waals surface area contributed by atoms with Gasteiger partial charge in [-0.15, -0.1) is 0 Å². The number of likely N-dealkylation sites (tertiary alicyclic amines) is 1. The minimum absolute atomic E-state index is 0.0466. The molecule has 0 aliphatic carbocycles. The van der Waals surface area contributed by atoms with E-state index in [-0.39, 0.29) is 24.6 Å². The number of Topliss-reactive ketones (excluding diaryl/α,β-unsaturated/α-hetero) is 1. The third kappa shape index (κ3) is 5.90. The van der Waals surface area contributed by atoms with E-state index in [0.29, 0.717) is 18.8 Å². The molecule has 5 heteroatoms. The molecule has 0 aromatic heterocycles. The van der Waals surface area contributed by atoms with Gasteiger partial charge in [-0.25, -0.2) is 0 Å². The van der Waals surface area contributed by atoms with E-state index in [9.17, 15) is 9.59 Å². The molecule has 2 rings (SSSR count). The van der Waals surface area contributed by atoms with E-state index in [0.717, 1.165) is 37.2 Å². The van der Waals surface area contributed by atoms with E-state index in [2.05, 4.69) is 11.5 Å². The van der Waals surface area contributed by atoms with Crippen LogP contribution in [-0.4, -0.2) is 43.0 Å². The number of ketones is 1. The summed E-state index contributed by atoms with van der Waals surface area (Å²) in [6.07, 6.45) is 3.53. The van der Waals surface area contributed by atoms with Crippen LogP contribution in [0, 0.1) is 6.92 Å². The maximum absolute atomic E-state index is 12.3. The van der Waals surface area contributed by atoms with Crippen molar-refractivity contribution in [3.8, 4) is 5.75 Å². The van der Waals surface area contributed by atoms with Crippen LogP contribution in [0.15, 0.2) is 30.5 Å². The summed E-state index contributed by atoms with van der Waals surface area (Å²) in [4.78, 5) is 26.0. The number of carbonyl (C=O) groups excluding carboxylic acids is 2. The highest BCUT2D eigenvalue weighted by Crippen LogP contribution is 2.21. The highest BCUT2D eigenvalue weighted by Gasteiger charge is 2.14. The van der Waals surface area contributed by atoms with Crippen molar-refractivity contribution in [2.75, 3.05) is 26.3 Å². The number of allylic oxidation sites excluding steroid dienone is 1. The second-order valence-corrected chi connectivity index (χ2v) is 6.56. The number of hydrogen-bond acceptors (Lipinski definition) is 5. The number of esters is 1. The molecule has 0 unspecified atom stereocenters. The minimum Gasteiger partial charge on any atom is -0.494 e. The van der Waals surface area contributed by atoms with Gasteiger partial charge in [-0.1, -0.05) is 6.58 Å². The quantitative estimate of drug-likeness (QED) is 0.360. The van der Waals surface area contributed by atoms with Crippen molar-refractivity contribution in [2.24, 2.45) is 0 Å². The molecule has 0 amide bonds. The average molecular weight is 359 g/mol. The highest BCUT2D eigenvalue weighted by atomic mass is 16.5. The zero-order valence-electron chi connectivity index (χ0n) is 15.9. The standard InChI is InChI=1S/C21H29NO4/c1-4-25-21(24)11-10-20(23)19-9-8-18(15-16(19)2)26-14-6-13-22-12-5-7-17(22)3/h8-9,15H,3-7,10-14H2,1-2H3. The molecule has 1 heterocycles. The van der Waals surface area contributed by atoms with Crippen molar-refractivity contribution < 1.29 is 19.1 Å². The van der Waals surface area contributed by atoms with Crippen molar-refractivity contribution in [3.05, 3.63) is 41.6 Å². The van der Waals surface area contributed by atoms with Crippen LogP contribution in [0.1, 0.15) is 54.9 Å². The summed E-state index contributed by atoms with van der Waals surface area (Å²) >= 11 is 0. The van der Waals surface area contributed by atoms with Crippen molar-refractivity contribution in [1.29, 1.82) is 0 Å². The summed E-state index contributed by atoms with van der Waals surface area (Å²) in [5, 5.41) is 0. The molecule has 0 saturated carbocycles. The van der Waals surface area contributed by atoms with Gasteiger partial charge < -0.3 is 14.4 Å². The van der Waals surface area contributed by atoms with Gasteiger partial charge in [0.2, 0.25) is 0 Å². The Morgan fingerprint density at radius 1 is 1.27 bits per heavy atom. The third-order valence-corrected chi connectivity index (χ3v) is 4.54. The van der Waals surface area contributed by atoms with Crippen molar-refractivity contribution in [1.82, 2.24) is 4.90 Å². The molecule has 0 N–H and O–H groups in total. The molecule has 142 valence electrons. The first-order valence-corrected chi connectivity index (χ1v) is 9.36. The maximum atomic E-state index is 12.3. The molecular weight excluding hydrogens is 330 g/mol. The number of nitrogens with zero attached hydrogens (tertiary/aromatic N) is 1. The number of ether oxygens (including phenoxy) is 2. The molecule has 0 atom stereocenters. The lowest BCUT2D eigenvalue weighted by atomic mass is 10.0. The molecule has 1 aliphatic rings. The average Bonchev–Trinajstić information content (AvgIpc) is 3.02. The van der Waals surface area contributed by atoms with Gasteiger partial charge in [0.1, 0.15) is 5.75 Å². The molecular formula is C21H29NO4. The number of carbonyl (C=O) groups is 2. The number of hydrogen-bond donors (Lipinski definition) is 0. The van der Waals surface area contributed by atoms with Crippen LogP contribution in [-0.2, 0) is 9.53 Å². The summed E-state index contributed by atoms with van der Waals surface area (Å²) in [6, 6.07) is 5.48. The lowest BCUT2D eigenvalue weighted by Gasteiger charge is -2.19. The van der Waals surface area contributed by atoms with Gasteiger partial charge in [-0.05, 0) is 56.9 Å². The molecule has 5 nitrogen and oxygen atoms in total. The summed E-state index contributed by atoms with van der Waals surface area (Å²) in [6.45, 7) is 10.8. The summed E-state index contributed by atoms with van der Waals surface area (Å²) in [5.41, 5.74) is 2.73. The van der Waals surface area contributed by atoms with Gasteiger partial charge in [0.15, 0.2) is 5.78 Å². The Hall–Kier alpha value is -2.30. The SMILES string of the molecule is C=C1CCCN1CCCOc1ccc(C(=O)CCC(=O)OCC)c(C)c1. The lowest BCUT2D eigenvalue weighted by Crippen LogP contribution is -2.20. The van der Waals surface area contributed by atoms with Crippen LogP contribution in [0.3, 0.4) is 0 Å². The largest absolute Gasteiger partial charge is 0.494 e. The number of aryl methyl sites for hydroxylation is 1. The van der Waals surface area contributed by atoms with Crippen molar-refractivity contribution in [2.45, 2.75) is 46.0 Å². The van der Waals surface area contributed by atoms with E-state index in [4.69, 9.17) is 9.47 Å². The Balaban J connectivity index is 1.77. The van der Waals surface area contributed by atoms with E-state index >= 15 is 0 Å². The molecule has 1 fully saturated rings. The number of benzene rings is 1. The molecule has 0 radical (unpaired) electrons. The van der Waals surface area contributed by atoms with Gasteiger partial charge in [0.05, 0.1) is 19.6 Å². The second-order valence-electron chi connectivity index (χ2n) is 6.56. The number of rotatable bonds is 10. The van der Waals surface area contributed by atoms with Crippen LogP contribution in [0.5, 0.6) is 5.75 Å². The first kappa shape index (κ1) is 20.0. The van der Waals surface area contributed by atoms with Crippen LogP contribution in [0.4, 0.5) is 0 Å². The third-order valence-electron chi connectivity index (χ3n) is 4.54. The van der Waals surface area contributed by atoms with Gasteiger partial charge in [-0.3, -0.25) is 9.59 Å². The van der Waals surface area contributed by atoms with Gasteiger partial charge in [-0.2, -0.15) is 0 Å². The topological polar surface area (TPSA) is 55.8 Å². The van der Waals surface area contributed by atoms with E-state index < -0.39 is 0 Å². The fraction of sp³-hybridized carbons (Fsp3) is 0.524. The van der Waals surface area contributed by atoms with Crippen LogP contribution in [0.25, 0.3) is 0 Å². The first-order chi connectivity index (χ1) is 12.5. The molecule has 26 heavy (non-hydrogen) atoms. The maximum Gasteiger partial charge on any atom is 0.306 e. The zero-order chi connectivity index (χ0) is 18.9. The monoisotopic (exact) mass is 359 g/mol. The minimum atomic E-state index is -0.334. The van der Waals surface area contributed by atoms with E-state index in [1.165, 1.54) is 12.1 Å². The Bertz CT molecular complexity index is 653. The Labute approximate surface area is 156 Å². The van der Waals surface area contributed by atoms with Crippen molar-refractivity contribution >= 4 is 11.8 Å². The molecule has 1 aromatic carbocycles. The van der Waals surface area contributed by atoms with E-state index in [1.807, 2.05) is 19.1 Å². The fourth-order valence-electron chi connectivity index (χ4n) is 3.13. The van der Waals surface area contributed by atoms with Gasteiger partial charge >= 0.3 is 5.97 Å². The van der Waals surface area contributed by atoms with Gasteiger partial charge in [0, 0.05) is 30.8 Å². The van der Waals surface area contributed by atoms with Crippen molar-refractivity contribution in [3.63, 3.8) is 0 Å². The Kier molecular flexibility index (Phi) is 7.70. The molecule has 0 bridgehead atoms. The summed E-state index contributed by atoms with van der Waals surface area (Å²) in [7, 11) is 0. The van der Waals surface area contributed by atoms with Crippen LogP contribution in [0.2, 0.25) is 0 Å². The normalized spacial score (nSPS) is 13.8. The highest BCUT2D eigenvalue weighted by molar-refractivity contribution is 5.98. The molecule has 1 saturated heterocycles. The van der Waals surface area contributed by atoms with Crippen LogP contribution < -0.4 is 4.74 Å². The predicted molar refractivity (Wildman–Crippen MR) is 101 cm³/mol. The lowest BCUT2D eigenvalue weighted by molar-refractivity contribution is -0.143. The van der Waals surface area contributed by atoms with E-state index in [1.54, 1.807) is 13.0 Å². The molecule has 1 aromatic rings. The second kappa shape index (κ2) is 10.00. The molecule has 1 aliphatic heterocycles. The van der Waals surface area contributed by atoms with Crippen LogP contribution >= 0.6 is 0 Å². The first-order valence-electron chi connectivity index (χ1n) is 9.36. The summed E-state index contributed by atoms with van der Waals surface area (Å²) in [5.74, 6) is 0.387. The fourth-order valence-corrected chi connectivity index (χ4v) is 3.13. The van der Waals surface area contributed by atoms with Gasteiger partial charge in [0.25, 0.3) is 0 Å². The zero-order valence-corrected chi connectivity index (χ0v) is 15.9. The summed E-state index contributed by atoms with van der Waals surface area (Å²) < 4.78 is 10.7.